The largest absolute Gasteiger partial charge is 0.390 e. The molecule has 0 radical (unpaired) electrons. The third-order valence-corrected chi connectivity index (χ3v) is 3.06. The first-order valence-electron chi connectivity index (χ1n) is 4.95. The summed E-state index contributed by atoms with van der Waals surface area (Å²) in [6, 6.07) is 9.56. The molecule has 14 heavy (non-hydrogen) atoms. The Labute approximate surface area is 84.2 Å². The molecule has 0 amide bonds. The van der Waals surface area contributed by atoms with Crippen molar-refractivity contribution in [1.29, 1.82) is 0 Å². The van der Waals surface area contributed by atoms with Gasteiger partial charge in [-0.2, -0.15) is 0 Å². The van der Waals surface area contributed by atoms with E-state index in [9.17, 15) is 10.2 Å². The zero-order valence-electron chi connectivity index (χ0n) is 8.57. The second-order valence-corrected chi connectivity index (χ2v) is 4.70. The lowest BCUT2D eigenvalue weighted by atomic mass is 9.96. The fourth-order valence-corrected chi connectivity index (χ4v) is 2.13. The third-order valence-electron chi connectivity index (χ3n) is 3.06. The zero-order valence-corrected chi connectivity index (χ0v) is 8.57. The highest BCUT2D eigenvalue weighted by Crippen LogP contribution is 2.56. The first-order valence-corrected chi connectivity index (χ1v) is 4.95. The summed E-state index contributed by atoms with van der Waals surface area (Å²) in [4.78, 5) is 0. The third kappa shape index (κ3) is 1.45. The molecule has 1 aliphatic carbocycles. The van der Waals surface area contributed by atoms with Gasteiger partial charge in [-0.25, -0.2) is 0 Å². The molecule has 76 valence electrons. The molecule has 0 aliphatic heterocycles. The fraction of sp³-hybridized carbons (Fsp3) is 0.500. The minimum atomic E-state index is -0.806. The smallest absolute Gasteiger partial charge is 0.0957 e. The van der Waals surface area contributed by atoms with E-state index in [0.717, 1.165) is 5.56 Å². The second kappa shape index (κ2) is 2.81. The maximum absolute atomic E-state index is 10.2. The topological polar surface area (TPSA) is 40.5 Å². The van der Waals surface area contributed by atoms with Gasteiger partial charge in [0.15, 0.2) is 0 Å². The molecule has 0 heterocycles. The number of rotatable bonds is 2. The van der Waals surface area contributed by atoms with Crippen LogP contribution in [0, 0.1) is 5.92 Å². The van der Waals surface area contributed by atoms with Crippen molar-refractivity contribution < 1.29 is 10.2 Å². The van der Waals surface area contributed by atoms with E-state index in [2.05, 4.69) is 0 Å². The monoisotopic (exact) mass is 192 g/mol. The Kier molecular flexibility index (Phi) is 1.95. The normalized spacial score (nSPS) is 31.6. The molecule has 0 aromatic heterocycles. The molecule has 1 aliphatic rings. The molecule has 2 N–H and O–H groups in total. The minimum Gasteiger partial charge on any atom is -0.390 e. The lowest BCUT2D eigenvalue weighted by Gasteiger charge is -2.20. The lowest BCUT2D eigenvalue weighted by Crippen LogP contribution is -2.27. The molecule has 2 atom stereocenters. The van der Waals surface area contributed by atoms with Gasteiger partial charge in [0.05, 0.1) is 11.2 Å². The molecule has 1 aromatic rings. The lowest BCUT2D eigenvalue weighted by molar-refractivity contribution is 0.0100. The van der Waals surface area contributed by atoms with E-state index < -0.39 is 11.2 Å². The molecular formula is C12H16O2. The van der Waals surface area contributed by atoms with Crippen molar-refractivity contribution in [3.63, 3.8) is 0 Å². The van der Waals surface area contributed by atoms with Crippen molar-refractivity contribution in [1.82, 2.24) is 0 Å². The number of hydrogen-bond acceptors (Lipinski definition) is 2. The summed E-state index contributed by atoms with van der Waals surface area (Å²) in [7, 11) is 0. The molecular weight excluding hydrogens is 176 g/mol. The highest BCUT2D eigenvalue weighted by atomic mass is 16.3. The van der Waals surface area contributed by atoms with Crippen molar-refractivity contribution >= 4 is 0 Å². The summed E-state index contributed by atoms with van der Waals surface area (Å²) >= 11 is 0. The SMILES string of the molecule is CC(C)(O)[C@H]1C[C@]1(O)c1ccccc1. The Bertz CT molecular complexity index is 326. The Morgan fingerprint density at radius 3 is 2.29 bits per heavy atom. The van der Waals surface area contributed by atoms with Gasteiger partial charge in [0, 0.05) is 5.92 Å². The number of benzene rings is 1. The molecule has 2 rings (SSSR count). The van der Waals surface area contributed by atoms with E-state index in [4.69, 9.17) is 0 Å². The molecule has 1 aromatic carbocycles. The second-order valence-electron chi connectivity index (χ2n) is 4.70. The van der Waals surface area contributed by atoms with E-state index in [0.29, 0.717) is 6.42 Å². The van der Waals surface area contributed by atoms with Crippen LogP contribution in [-0.4, -0.2) is 15.8 Å². The van der Waals surface area contributed by atoms with Crippen LogP contribution >= 0.6 is 0 Å². The average molecular weight is 192 g/mol. The predicted octanol–water partition coefficient (Wildman–Crippen LogP) is 1.66. The van der Waals surface area contributed by atoms with E-state index in [1.807, 2.05) is 30.3 Å². The summed E-state index contributed by atoms with van der Waals surface area (Å²) in [6.45, 7) is 3.50. The molecule has 2 nitrogen and oxygen atoms in total. The number of hydrogen-bond donors (Lipinski definition) is 2. The van der Waals surface area contributed by atoms with Gasteiger partial charge in [-0.3, -0.25) is 0 Å². The van der Waals surface area contributed by atoms with Gasteiger partial charge in [-0.05, 0) is 25.8 Å². The van der Waals surface area contributed by atoms with E-state index in [1.54, 1.807) is 13.8 Å². The maximum Gasteiger partial charge on any atom is 0.0957 e. The van der Waals surface area contributed by atoms with Crippen LogP contribution in [0.15, 0.2) is 30.3 Å². The Hall–Kier alpha value is -0.860. The van der Waals surface area contributed by atoms with Gasteiger partial charge in [-0.15, -0.1) is 0 Å². The number of aliphatic hydroxyl groups is 2. The summed E-state index contributed by atoms with van der Waals surface area (Å²) < 4.78 is 0. The Morgan fingerprint density at radius 1 is 1.29 bits per heavy atom. The van der Waals surface area contributed by atoms with Crippen molar-refractivity contribution in [3.8, 4) is 0 Å². The standard InChI is InChI=1S/C12H16O2/c1-11(2,13)10-8-12(10,14)9-6-4-3-5-7-9/h3-7,10,13-14H,8H2,1-2H3/t10-,12+/m1/s1. The van der Waals surface area contributed by atoms with Gasteiger partial charge < -0.3 is 10.2 Å². The quantitative estimate of drug-likeness (QED) is 0.748. The minimum absolute atomic E-state index is 0.0441. The van der Waals surface area contributed by atoms with Crippen LogP contribution < -0.4 is 0 Å². The van der Waals surface area contributed by atoms with E-state index in [-0.39, 0.29) is 5.92 Å². The molecule has 0 spiro atoms. The molecule has 0 saturated heterocycles. The van der Waals surface area contributed by atoms with Crippen molar-refractivity contribution in [2.75, 3.05) is 0 Å². The average Bonchev–Trinajstić information content (AvgIpc) is 2.81. The van der Waals surface area contributed by atoms with Gasteiger partial charge >= 0.3 is 0 Å². The summed E-state index contributed by atoms with van der Waals surface area (Å²) in [5, 5.41) is 20.0. The van der Waals surface area contributed by atoms with Gasteiger partial charge in [0.2, 0.25) is 0 Å². The van der Waals surface area contributed by atoms with Crippen LogP contribution in [0.25, 0.3) is 0 Å². The van der Waals surface area contributed by atoms with Gasteiger partial charge in [0.25, 0.3) is 0 Å². The molecule has 2 heteroatoms. The summed E-state index contributed by atoms with van der Waals surface area (Å²) in [5.41, 5.74) is -0.698. The first kappa shape index (κ1) is 9.69. The van der Waals surface area contributed by atoms with E-state index in [1.165, 1.54) is 0 Å². The summed E-state index contributed by atoms with van der Waals surface area (Å²) in [5.74, 6) is -0.0441. The summed E-state index contributed by atoms with van der Waals surface area (Å²) in [6.07, 6.45) is 0.653. The molecule has 1 saturated carbocycles. The highest BCUT2D eigenvalue weighted by Gasteiger charge is 2.60. The zero-order chi connectivity index (χ0) is 10.4. The fourth-order valence-electron chi connectivity index (χ4n) is 2.13. The van der Waals surface area contributed by atoms with Crippen LogP contribution in [-0.2, 0) is 5.60 Å². The van der Waals surface area contributed by atoms with Crippen molar-refractivity contribution in [2.24, 2.45) is 5.92 Å². The maximum atomic E-state index is 10.2. The van der Waals surface area contributed by atoms with Crippen LogP contribution in [0.4, 0.5) is 0 Å². The molecule has 0 bridgehead atoms. The van der Waals surface area contributed by atoms with E-state index >= 15 is 0 Å². The van der Waals surface area contributed by atoms with Crippen LogP contribution in [0.2, 0.25) is 0 Å². The highest BCUT2D eigenvalue weighted by molar-refractivity contribution is 5.31. The molecule has 1 fully saturated rings. The van der Waals surface area contributed by atoms with Crippen LogP contribution in [0.3, 0.4) is 0 Å². The molecule has 0 unspecified atom stereocenters. The van der Waals surface area contributed by atoms with Crippen LogP contribution in [0.1, 0.15) is 25.8 Å². The van der Waals surface area contributed by atoms with Crippen LogP contribution in [0.5, 0.6) is 0 Å². The van der Waals surface area contributed by atoms with Crippen molar-refractivity contribution in [3.05, 3.63) is 35.9 Å². The predicted molar refractivity (Wildman–Crippen MR) is 54.7 cm³/mol. The Morgan fingerprint density at radius 2 is 1.86 bits per heavy atom. The first-order chi connectivity index (χ1) is 6.44. The van der Waals surface area contributed by atoms with Gasteiger partial charge in [-0.1, -0.05) is 30.3 Å². The van der Waals surface area contributed by atoms with Crippen molar-refractivity contribution in [2.45, 2.75) is 31.5 Å². The Balaban J connectivity index is 2.23. The van der Waals surface area contributed by atoms with Gasteiger partial charge in [0.1, 0.15) is 0 Å².